The van der Waals surface area contributed by atoms with E-state index in [0.29, 0.717) is 5.75 Å². The topological polar surface area (TPSA) is 46.2 Å². The van der Waals surface area contributed by atoms with Crippen LogP contribution in [0.4, 0.5) is 0 Å². The van der Waals surface area contributed by atoms with Gasteiger partial charge in [0.15, 0.2) is 0 Å². The molecule has 0 saturated heterocycles. The maximum Gasteiger partial charge on any atom is 0.116 e. The van der Waals surface area contributed by atoms with Crippen LogP contribution in [-0.2, 0) is 0 Å². The fraction of sp³-hybridized carbons (Fsp3) is 0.571. The van der Waals surface area contributed by atoms with E-state index in [4.69, 9.17) is 5.73 Å². The van der Waals surface area contributed by atoms with Crippen LogP contribution in [0.5, 0.6) is 5.75 Å². The molecule has 1 rings (SSSR count). The largest absolute Gasteiger partial charge is 0.508 e. The molecule has 0 unspecified atom stereocenters. The van der Waals surface area contributed by atoms with Gasteiger partial charge in [0, 0.05) is 6.04 Å². The summed E-state index contributed by atoms with van der Waals surface area (Å²) in [6, 6.07) is 3.69. The van der Waals surface area contributed by atoms with Crippen LogP contribution >= 0.6 is 12.4 Å². The molecule has 0 amide bonds. The summed E-state index contributed by atoms with van der Waals surface area (Å²) in [5, 5.41) is 9.47. The van der Waals surface area contributed by atoms with Gasteiger partial charge < -0.3 is 10.8 Å². The second-order valence-corrected chi connectivity index (χ2v) is 4.60. The molecule has 1 atom stereocenters. The lowest BCUT2D eigenvalue weighted by Crippen LogP contribution is -2.13. The predicted molar refractivity (Wildman–Crippen MR) is 75.9 cm³/mol. The summed E-state index contributed by atoms with van der Waals surface area (Å²) in [6.07, 6.45) is 4.67. The predicted octanol–water partition coefficient (Wildman–Crippen LogP) is 4.01. The van der Waals surface area contributed by atoms with Gasteiger partial charge in [0.1, 0.15) is 5.75 Å². The van der Waals surface area contributed by atoms with Crippen molar-refractivity contribution in [1.82, 2.24) is 0 Å². The number of hydrogen-bond acceptors (Lipinski definition) is 2. The summed E-state index contributed by atoms with van der Waals surface area (Å²) in [6.45, 7) is 6.23. The van der Waals surface area contributed by atoms with Gasteiger partial charge in [0.2, 0.25) is 0 Å². The molecule has 0 radical (unpaired) electrons. The number of halogens is 1. The summed E-state index contributed by atoms with van der Waals surface area (Å²) < 4.78 is 0. The Morgan fingerprint density at radius 1 is 1.18 bits per heavy atom. The number of phenolic OH excluding ortho intramolecular Hbond substituents is 1. The quantitative estimate of drug-likeness (QED) is 0.783. The van der Waals surface area contributed by atoms with E-state index >= 15 is 0 Å². The lowest BCUT2D eigenvalue weighted by Gasteiger charge is -2.17. The molecule has 98 valence electrons. The zero-order chi connectivity index (χ0) is 12.1. The van der Waals surface area contributed by atoms with Crippen molar-refractivity contribution >= 4 is 12.4 Å². The number of aromatic hydroxyl groups is 1. The van der Waals surface area contributed by atoms with Crippen molar-refractivity contribution in [1.29, 1.82) is 0 Å². The van der Waals surface area contributed by atoms with Crippen molar-refractivity contribution in [3.8, 4) is 5.75 Å². The minimum absolute atomic E-state index is 0. The molecule has 0 aliphatic rings. The minimum Gasteiger partial charge on any atom is -0.508 e. The zero-order valence-corrected chi connectivity index (χ0v) is 11.8. The van der Waals surface area contributed by atoms with E-state index in [1.165, 1.54) is 24.8 Å². The molecule has 0 aliphatic carbocycles. The number of nitrogens with two attached hydrogens (primary N) is 1. The second kappa shape index (κ2) is 7.57. The minimum atomic E-state index is 0. The van der Waals surface area contributed by atoms with Crippen LogP contribution in [0, 0.1) is 13.8 Å². The van der Waals surface area contributed by atoms with Crippen LogP contribution in [0.25, 0.3) is 0 Å². The van der Waals surface area contributed by atoms with E-state index in [1.54, 1.807) is 12.1 Å². The summed E-state index contributed by atoms with van der Waals surface area (Å²) >= 11 is 0. The highest BCUT2D eigenvalue weighted by Gasteiger charge is 2.12. The molecular formula is C14H24ClNO. The smallest absolute Gasteiger partial charge is 0.116 e. The molecule has 0 bridgehead atoms. The number of aryl methyl sites for hydroxylation is 2. The molecule has 17 heavy (non-hydrogen) atoms. The Morgan fingerprint density at radius 2 is 1.71 bits per heavy atom. The lowest BCUT2D eigenvalue weighted by atomic mass is 9.93. The maximum atomic E-state index is 9.47. The lowest BCUT2D eigenvalue weighted by molar-refractivity contribution is 0.473. The molecule has 3 heteroatoms. The molecule has 0 saturated carbocycles. The Labute approximate surface area is 111 Å². The third kappa shape index (κ3) is 4.57. The molecule has 0 spiro atoms. The van der Waals surface area contributed by atoms with Crippen LogP contribution in [-0.4, -0.2) is 5.11 Å². The van der Waals surface area contributed by atoms with Crippen LogP contribution in [0.2, 0.25) is 0 Å². The maximum absolute atomic E-state index is 9.47. The summed E-state index contributed by atoms with van der Waals surface area (Å²) in [5.74, 6) is 0.333. The van der Waals surface area contributed by atoms with Crippen molar-refractivity contribution in [2.24, 2.45) is 5.73 Å². The van der Waals surface area contributed by atoms with E-state index in [2.05, 4.69) is 6.92 Å². The fourth-order valence-corrected chi connectivity index (χ4v) is 2.30. The first-order chi connectivity index (χ1) is 7.56. The highest BCUT2D eigenvalue weighted by Crippen LogP contribution is 2.27. The normalized spacial score (nSPS) is 12.0. The number of rotatable bonds is 5. The molecule has 2 nitrogen and oxygen atoms in total. The molecule has 1 aromatic carbocycles. The van der Waals surface area contributed by atoms with Gasteiger partial charge in [-0.05, 0) is 49.1 Å². The molecule has 1 aromatic rings. The van der Waals surface area contributed by atoms with Crippen molar-refractivity contribution in [3.63, 3.8) is 0 Å². The molecular weight excluding hydrogens is 234 g/mol. The van der Waals surface area contributed by atoms with Gasteiger partial charge in [-0.15, -0.1) is 12.4 Å². The first kappa shape index (κ1) is 16.3. The number of hydrogen-bond donors (Lipinski definition) is 2. The van der Waals surface area contributed by atoms with Crippen molar-refractivity contribution in [3.05, 3.63) is 28.8 Å². The van der Waals surface area contributed by atoms with Crippen molar-refractivity contribution in [2.45, 2.75) is 52.5 Å². The summed E-state index contributed by atoms with van der Waals surface area (Å²) in [5.41, 5.74) is 9.61. The Morgan fingerprint density at radius 3 is 2.18 bits per heavy atom. The van der Waals surface area contributed by atoms with Gasteiger partial charge in [0.05, 0.1) is 0 Å². The molecule has 0 aromatic heterocycles. The molecule has 3 N–H and O–H groups in total. The Balaban J connectivity index is 0.00000256. The fourth-order valence-electron chi connectivity index (χ4n) is 2.30. The number of phenols is 1. The van der Waals surface area contributed by atoms with Crippen LogP contribution < -0.4 is 5.73 Å². The average molecular weight is 258 g/mol. The van der Waals surface area contributed by atoms with Crippen LogP contribution in [0.15, 0.2) is 12.1 Å². The van der Waals surface area contributed by atoms with Gasteiger partial charge in [-0.1, -0.05) is 26.2 Å². The first-order valence-electron chi connectivity index (χ1n) is 6.12. The van der Waals surface area contributed by atoms with Crippen LogP contribution in [0.3, 0.4) is 0 Å². The zero-order valence-electron chi connectivity index (χ0n) is 11.0. The van der Waals surface area contributed by atoms with Crippen molar-refractivity contribution in [2.75, 3.05) is 0 Å². The van der Waals surface area contributed by atoms with Crippen molar-refractivity contribution < 1.29 is 5.11 Å². The molecule has 0 fully saturated rings. The van der Waals surface area contributed by atoms with Gasteiger partial charge in [-0.3, -0.25) is 0 Å². The van der Waals surface area contributed by atoms with Crippen LogP contribution in [0.1, 0.15) is 55.3 Å². The van der Waals surface area contributed by atoms with E-state index in [0.717, 1.165) is 17.5 Å². The highest BCUT2D eigenvalue weighted by atomic mass is 35.5. The third-order valence-corrected chi connectivity index (χ3v) is 3.07. The average Bonchev–Trinajstić information content (AvgIpc) is 2.16. The summed E-state index contributed by atoms with van der Waals surface area (Å²) in [4.78, 5) is 0. The standard InChI is InChI=1S/C14H23NO.ClH/c1-4-5-6-7-13(15)14-10(2)8-12(16)9-11(14)3;/h8-9,13,16H,4-7,15H2,1-3H3;1H/t13-;/m0./s1. The third-order valence-electron chi connectivity index (χ3n) is 3.07. The highest BCUT2D eigenvalue weighted by molar-refractivity contribution is 5.85. The Kier molecular flexibility index (Phi) is 7.24. The Bertz CT molecular complexity index is 329. The van der Waals surface area contributed by atoms with E-state index in [1.807, 2.05) is 13.8 Å². The first-order valence-corrected chi connectivity index (χ1v) is 6.12. The molecule has 0 aliphatic heterocycles. The second-order valence-electron chi connectivity index (χ2n) is 4.60. The van der Waals surface area contributed by atoms with Gasteiger partial charge >= 0.3 is 0 Å². The van der Waals surface area contributed by atoms with Gasteiger partial charge in [-0.2, -0.15) is 0 Å². The number of unbranched alkanes of at least 4 members (excludes halogenated alkanes) is 2. The van der Waals surface area contributed by atoms with Gasteiger partial charge in [0.25, 0.3) is 0 Å². The summed E-state index contributed by atoms with van der Waals surface area (Å²) in [7, 11) is 0. The van der Waals surface area contributed by atoms with E-state index < -0.39 is 0 Å². The SMILES string of the molecule is CCCCC[C@H](N)c1c(C)cc(O)cc1C.Cl. The van der Waals surface area contributed by atoms with Gasteiger partial charge in [-0.25, -0.2) is 0 Å². The Hall–Kier alpha value is -0.730. The van der Waals surface area contributed by atoms with E-state index in [-0.39, 0.29) is 18.4 Å². The molecule has 0 heterocycles. The number of benzene rings is 1. The van der Waals surface area contributed by atoms with E-state index in [9.17, 15) is 5.11 Å². The monoisotopic (exact) mass is 257 g/mol.